The van der Waals surface area contributed by atoms with Gasteiger partial charge in [-0.2, -0.15) is 0 Å². The maximum Gasteiger partial charge on any atom is 0.207 e. The minimum Gasteiger partial charge on any atom is -0.494 e. The van der Waals surface area contributed by atoms with Crippen LogP contribution in [0.25, 0.3) is 11.0 Å². The molecule has 5 nitrogen and oxygen atoms in total. The summed E-state index contributed by atoms with van der Waals surface area (Å²) in [6.45, 7) is 2.21. The molecule has 1 N–H and O–H groups in total. The molecule has 2 aromatic carbocycles. The van der Waals surface area contributed by atoms with E-state index in [-0.39, 0.29) is 0 Å². The number of aromatic nitrogens is 2. The van der Waals surface area contributed by atoms with Crippen LogP contribution in [0.5, 0.6) is 5.75 Å². The zero-order valence-electron chi connectivity index (χ0n) is 14.2. The molecular weight excluding hydrogens is 314 g/mol. The minimum absolute atomic E-state index is 0.601. The molecular formula is C20H23N3O2. The molecule has 0 fully saturated rings. The Kier molecular flexibility index (Phi) is 6.04. The van der Waals surface area contributed by atoms with Crippen LogP contribution in [0.3, 0.4) is 0 Å². The van der Waals surface area contributed by atoms with E-state index in [1.54, 1.807) is 0 Å². The van der Waals surface area contributed by atoms with Crippen LogP contribution in [0.4, 0.5) is 0 Å². The Morgan fingerprint density at radius 3 is 2.68 bits per heavy atom. The highest BCUT2D eigenvalue weighted by molar-refractivity contribution is 5.75. The molecule has 1 aromatic heterocycles. The predicted octanol–water partition coefficient (Wildman–Crippen LogP) is 3.18. The van der Waals surface area contributed by atoms with Gasteiger partial charge in [-0.3, -0.25) is 4.79 Å². The number of carbonyl (C=O) groups excluding carboxylic acids is 1. The molecule has 3 rings (SSSR count). The molecule has 0 aliphatic carbocycles. The molecule has 0 spiro atoms. The smallest absolute Gasteiger partial charge is 0.207 e. The van der Waals surface area contributed by atoms with Crippen molar-refractivity contribution in [1.29, 1.82) is 0 Å². The van der Waals surface area contributed by atoms with E-state index in [1.165, 1.54) is 0 Å². The highest BCUT2D eigenvalue weighted by atomic mass is 16.5. The quantitative estimate of drug-likeness (QED) is 0.457. The van der Waals surface area contributed by atoms with Gasteiger partial charge in [-0.05, 0) is 37.1 Å². The van der Waals surface area contributed by atoms with Gasteiger partial charge in [0.05, 0.1) is 17.6 Å². The number of nitrogens with zero attached hydrogens (tertiary/aromatic N) is 2. The second-order valence-electron chi connectivity index (χ2n) is 5.86. The molecule has 0 atom stereocenters. The Labute approximate surface area is 147 Å². The lowest BCUT2D eigenvalue weighted by molar-refractivity contribution is -0.109. The fourth-order valence-electron chi connectivity index (χ4n) is 2.89. The number of ether oxygens (including phenoxy) is 1. The molecule has 0 unspecified atom stereocenters. The summed E-state index contributed by atoms with van der Waals surface area (Å²) in [6, 6.07) is 18.0. The lowest BCUT2D eigenvalue weighted by atomic mass is 10.3. The van der Waals surface area contributed by atoms with E-state index in [9.17, 15) is 4.79 Å². The lowest BCUT2D eigenvalue weighted by Crippen LogP contribution is -2.17. The van der Waals surface area contributed by atoms with Crippen molar-refractivity contribution in [1.82, 2.24) is 14.9 Å². The first-order valence-corrected chi connectivity index (χ1v) is 8.67. The Morgan fingerprint density at radius 2 is 1.84 bits per heavy atom. The van der Waals surface area contributed by atoms with Crippen LogP contribution in [0.15, 0.2) is 54.6 Å². The number of unbranched alkanes of at least 4 members (excludes halogenated alkanes) is 1. The van der Waals surface area contributed by atoms with E-state index in [1.807, 2.05) is 48.5 Å². The summed E-state index contributed by atoms with van der Waals surface area (Å²) >= 11 is 0. The van der Waals surface area contributed by atoms with E-state index in [0.717, 1.165) is 54.8 Å². The summed E-state index contributed by atoms with van der Waals surface area (Å²) in [5.41, 5.74) is 2.15. The van der Waals surface area contributed by atoms with Crippen molar-refractivity contribution in [2.75, 3.05) is 13.2 Å². The maximum absolute atomic E-state index is 10.5. The highest BCUT2D eigenvalue weighted by Crippen LogP contribution is 2.17. The molecule has 0 saturated carbocycles. The van der Waals surface area contributed by atoms with Crippen LogP contribution in [0.1, 0.15) is 18.7 Å². The largest absolute Gasteiger partial charge is 0.494 e. The summed E-state index contributed by atoms with van der Waals surface area (Å²) in [7, 11) is 0. The molecule has 5 heteroatoms. The fourth-order valence-corrected chi connectivity index (χ4v) is 2.89. The van der Waals surface area contributed by atoms with Crippen molar-refractivity contribution in [2.24, 2.45) is 0 Å². The lowest BCUT2D eigenvalue weighted by Gasteiger charge is -2.10. The first kappa shape index (κ1) is 17.0. The molecule has 0 aliphatic rings. The zero-order valence-corrected chi connectivity index (χ0v) is 14.2. The summed E-state index contributed by atoms with van der Waals surface area (Å²) in [5, 5.41) is 2.71. The number of hydrogen-bond acceptors (Lipinski definition) is 3. The van der Waals surface area contributed by atoms with Gasteiger partial charge in [0.1, 0.15) is 11.6 Å². The monoisotopic (exact) mass is 337 g/mol. The average Bonchev–Trinajstić information content (AvgIpc) is 3.00. The molecule has 0 radical (unpaired) electrons. The molecule has 1 amide bonds. The number of fused-ring (bicyclic) bond motifs is 1. The van der Waals surface area contributed by atoms with Crippen molar-refractivity contribution in [2.45, 2.75) is 25.8 Å². The fraction of sp³-hybridized carbons (Fsp3) is 0.300. The van der Waals surface area contributed by atoms with Gasteiger partial charge in [0.2, 0.25) is 6.41 Å². The molecule has 3 aromatic rings. The van der Waals surface area contributed by atoms with Gasteiger partial charge in [0, 0.05) is 19.5 Å². The van der Waals surface area contributed by atoms with Crippen molar-refractivity contribution < 1.29 is 9.53 Å². The second kappa shape index (κ2) is 8.87. The highest BCUT2D eigenvalue weighted by Gasteiger charge is 2.09. The van der Waals surface area contributed by atoms with Gasteiger partial charge in [-0.25, -0.2) is 4.98 Å². The molecule has 130 valence electrons. The zero-order chi connectivity index (χ0) is 17.3. The third-order valence-electron chi connectivity index (χ3n) is 4.10. The van der Waals surface area contributed by atoms with Crippen LogP contribution in [0.2, 0.25) is 0 Å². The molecule has 0 saturated heterocycles. The second-order valence-corrected chi connectivity index (χ2v) is 5.86. The predicted molar refractivity (Wildman–Crippen MR) is 98.7 cm³/mol. The third-order valence-corrected chi connectivity index (χ3v) is 4.10. The van der Waals surface area contributed by atoms with E-state index in [0.29, 0.717) is 13.2 Å². The third kappa shape index (κ3) is 4.59. The number of carbonyl (C=O) groups is 1. The summed E-state index contributed by atoms with van der Waals surface area (Å²) in [4.78, 5) is 15.2. The van der Waals surface area contributed by atoms with E-state index in [2.05, 4.69) is 16.0 Å². The van der Waals surface area contributed by atoms with Crippen molar-refractivity contribution in [3.8, 4) is 5.75 Å². The average molecular weight is 337 g/mol. The van der Waals surface area contributed by atoms with E-state index >= 15 is 0 Å². The van der Waals surface area contributed by atoms with Crippen molar-refractivity contribution in [3.63, 3.8) is 0 Å². The van der Waals surface area contributed by atoms with Crippen molar-refractivity contribution >= 4 is 17.4 Å². The number of rotatable bonds is 10. The van der Waals surface area contributed by atoms with Gasteiger partial charge >= 0.3 is 0 Å². The van der Waals surface area contributed by atoms with Gasteiger partial charge < -0.3 is 14.6 Å². The minimum atomic E-state index is 0.601. The summed E-state index contributed by atoms with van der Waals surface area (Å²) < 4.78 is 8.00. The summed E-state index contributed by atoms with van der Waals surface area (Å²) in [6.07, 6.45) is 3.45. The number of hydrogen-bond donors (Lipinski definition) is 1. The van der Waals surface area contributed by atoms with Crippen LogP contribution in [-0.4, -0.2) is 29.1 Å². The number of para-hydroxylation sites is 3. The molecule has 1 heterocycles. The Hall–Kier alpha value is -2.82. The Balaban J connectivity index is 1.57. The molecule has 25 heavy (non-hydrogen) atoms. The van der Waals surface area contributed by atoms with Crippen LogP contribution in [0, 0.1) is 0 Å². The van der Waals surface area contributed by atoms with Crippen LogP contribution >= 0.6 is 0 Å². The normalized spacial score (nSPS) is 10.7. The number of amides is 1. The maximum atomic E-state index is 10.5. The summed E-state index contributed by atoms with van der Waals surface area (Å²) in [5.74, 6) is 1.93. The van der Waals surface area contributed by atoms with Gasteiger partial charge in [0.25, 0.3) is 0 Å². The molecule has 0 aliphatic heterocycles. The first-order valence-electron chi connectivity index (χ1n) is 8.67. The topological polar surface area (TPSA) is 56.2 Å². The number of imidazole rings is 1. The van der Waals surface area contributed by atoms with Gasteiger partial charge in [-0.15, -0.1) is 0 Å². The number of benzene rings is 2. The van der Waals surface area contributed by atoms with Crippen LogP contribution in [-0.2, 0) is 17.8 Å². The number of nitrogens with one attached hydrogen (secondary N) is 1. The van der Waals surface area contributed by atoms with Gasteiger partial charge in [0.15, 0.2) is 0 Å². The van der Waals surface area contributed by atoms with Gasteiger partial charge in [-0.1, -0.05) is 30.3 Å². The Morgan fingerprint density at radius 1 is 1.04 bits per heavy atom. The van der Waals surface area contributed by atoms with Crippen molar-refractivity contribution in [3.05, 3.63) is 60.4 Å². The SMILES string of the molecule is O=CNCCc1nc2ccccc2n1CCCCOc1ccccc1. The standard InChI is InChI=1S/C20H23N3O2/c24-16-21-13-12-20-22-18-10-4-5-11-19(18)23(20)14-6-7-15-25-17-8-2-1-3-9-17/h1-5,8-11,16H,6-7,12-15H2,(H,21,24). The van der Waals surface area contributed by atoms with E-state index < -0.39 is 0 Å². The number of aryl methyl sites for hydroxylation is 1. The molecule has 0 bridgehead atoms. The van der Waals surface area contributed by atoms with E-state index in [4.69, 9.17) is 9.72 Å². The first-order chi connectivity index (χ1) is 12.4. The Bertz CT molecular complexity index is 799. The van der Waals surface area contributed by atoms with Crippen LogP contribution < -0.4 is 10.1 Å².